The third kappa shape index (κ3) is 7.09. The van der Waals surface area contributed by atoms with Gasteiger partial charge in [-0.1, -0.05) is 19.6 Å². The highest BCUT2D eigenvalue weighted by Gasteiger charge is 2.30. The first-order valence-electron chi connectivity index (χ1n) is 14.4. The zero-order valence-corrected chi connectivity index (χ0v) is 25.3. The second-order valence-electron chi connectivity index (χ2n) is 11.6. The number of aromatic carboxylic acids is 1. The lowest BCUT2D eigenvalue weighted by Gasteiger charge is -2.21. The van der Waals surface area contributed by atoms with Crippen LogP contribution in [0.4, 0.5) is 4.39 Å². The Bertz CT molecular complexity index is 1800. The van der Waals surface area contributed by atoms with Gasteiger partial charge in [0.1, 0.15) is 24.5 Å². The number of nitrogens with one attached hydrogen (secondary N) is 1. The zero-order valence-electron chi connectivity index (χ0n) is 25.3. The number of nitrogens with zero attached hydrogens (tertiary/aromatic N) is 3. The third-order valence-corrected chi connectivity index (χ3v) is 7.34. The number of benzene rings is 2. The van der Waals surface area contributed by atoms with Gasteiger partial charge in [0, 0.05) is 12.6 Å². The number of hydrogen-bond acceptors (Lipinski definition) is 9. The zero-order chi connectivity index (χ0) is 32.5. The summed E-state index contributed by atoms with van der Waals surface area (Å²) in [6, 6.07) is 9.94. The quantitative estimate of drug-likeness (QED) is 0.259. The fourth-order valence-corrected chi connectivity index (χ4v) is 5.24. The van der Waals surface area contributed by atoms with Crippen molar-refractivity contribution in [3.63, 3.8) is 0 Å². The number of carbonyl (C=O) groups excluding carboxylic acids is 2. The molecule has 0 radical (unpaired) electrons. The molecule has 2 aliphatic rings. The average molecular weight is 636 g/mol. The molecule has 1 amide bonds. The maximum atomic E-state index is 14.0. The topological polar surface area (TPSA) is 167 Å². The van der Waals surface area contributed by atoms with Crippen molar-refractivity contribution in [3.8, 4) is 11.5 Å². The molecule has 6 rings (SSSR count). The number of aromatic nitrogens is 3. The van der Waals surface area contributed by atoms with Crippen molar-refractivity contribution in [2.24, 2.45) is 5.73 Å². The van der Waals surface area contributed by atoms with E-state index in [9.17, 15) is 23.9 Å². The lowest BCUT2D eigenvalue weighted by Crippen LogP contribution is -2.29. The van der Waals surface area contributed by atoms with Crippen LogP contribution < -0.4 is 20.5 Å². The number of amides is 1. The molecule has 0 saturated heterocycles. The van der Waals surface area contributed by atoms with Gasteiger partial charge in [-0.05, 0) is 81.0 Å². The van der Waals surface area contributed by atoms with Gasteiger partial charge in [-0.25, -0.2) is 23.5 Å². The summed E-state index contributed by atoms with van der Waals surface area (Å²) in [6.07, 6.45) is 2.11. The second kappa shape index (κ2) is 13.5. The van der Waals surface area contributed by atoms with E-state index in [1.807, 2.05) is 25.1 Å². The molecule has 13 heteroatoms. The van der Waals surface area contributed by atoms with Crippen molar-refractivity contribution in [3.05, 3.63) is 87.6 Å². The molecule has 2 aromatic carbocycles. The minimum Gasteiger partial charge on any atom is -0.486 e. The Hall–Kier alpha value is -5.04. The summed E-state index contributed by atoms with van der Waals surface area (Å²) in [4.78, 5) is 40.7. The lowest BCUT2D eigenvalue weighted by molar-refractivity contribution is 0.00682. The number of fused-ring (bicyclic) bond motifs is 3. The highest BCUT2D eigenvalue weighted by molar-refractivity contribution is 5.96. The summed E-state index contributed by atoms with van der Waals surface area (Å²) in [5.41, 5.74) is 8.09. The molecule has 46 heavy (non-hydrogen) atoms. The van der Waals surface area contributed by atoms with E-state index >= 15 is 0 Å². The summed E-state index contributed by atoms with van der Waals surface area (Å²) in [7, 11) is 0. The van der Waals surface area contributed by atoms with Crippen LogP contribution in [0.25, 0.3) is 5.65 Å². The van der Waals surface area contributed by atoms with Crippen LogP contribution in [-0.2, 0) is 17.7 Å². The van der Waals surface area contributed by atoms with Gasteiger partial charge in [0.2, 0.25) is 0 Å². The SMILES string of the molecule is C.Cc1c(C(=O)OC(C)(C)C)ccc2c1CC[C@@H]2NC(=O)c1cc(C(=O)O)nc2c(F)cnn12.NCc1ccc2c(c1)OCCO2. The van der Waals surface area contributed by atoms with Crippen LogP contribution >= 0.6 is 0 Å². The summed E-state index contributed by atoms with van der Waals surface area (Å²) in [5.74, 6) is -1.61. The summed E-state index contributed by atoms with van der Waals surface area (Å²) in [6.45, 7) is 9.05. The van der Waals surface area contributed by atoms with Crippen molar-refractivity contribution >= 4 is 23.5 Å². The summed E-state index contributed by atoms with van der Waals surface area (Å²) in [5, 5.41) is 16.0. The van der Waals surface area contributed by atoms with E-state index in [0.29, 0.717) is 38.2 Å². The van der Waals surface area contributed by atoms with E-state index in [1.54, 1.807) is 32.9 Å². The maximum Gasteiger partial charge on any atom is 0.354 e. The fourth-order valence-electron chi connectivity index (χ4n) is 5.24. The fraction of sp³-hybridized carbons (Fsp3) is 0.364. The first-order valence-corrected chi connectivity index (χ1v) is 14.4. The number of esters is 1. The summed E-state index contributed by atoms with van der Waals surface area (Å²) >= 11 is 0. The number of carboxylic acids is 1. The normalized spacial score (nSPS) is 14.8. The molecule has 1 aliphatic carbocycles. The molecule has 1 atom stereocenters. The molecule has 0 unspecified atom stereocenters. The molecule has 1 aliphatic heterocycles. The minimum absolute atomic E-state index is 0. The van der Waals surface area contributed by atoms with E-state index in [0.717, 1.165) is 50.5 Å². The number of ether oxygens (including phenoxy) is 3. The van der Waals surface area contributed by atoms with E-state index < -0.39 is 35.0 Å². The Kier molecular flexibility index (Phi) is 9.95. The van der Waals surface area contributed by atoms with Gasteiger partial charge in [-0.2, -0.15) is 5.10 Å². The molecule has 0 fully saturated rings. The minimum atomic E-state index is -1.39. The Morgan fingerprint density at radius 3 is 2.52 bits per heavy atom. The first kappa shape index (κ1) is 33.8. The van der Waals surface area contributed by atoms with Gasteiger partial charge in [-0.15, -0.1) is 0 Å². The molecular weight excluding hydrogens is 597 g/mol. The van der Waals surface area contributed by atoms with E-state index in [4.69, 9.17) is 19.9 Å². The van der Waals surface area contributed by atoms with Crippen LogP contribution in [0, 0.1) is 12.7 Å². The smallest absolute Gasteiger partial charge is 0.354 e. The molecule has 2 aromatic heterocycles. The van der Waals surface area contributed by atoms with E-state index in [1.165, 1.54) is 0 Å². The highest BCUT2D eigenvalue weighted by atomic mass is 19.1. The number of rotatable bonds is 5. The molecule has 12 nitrogen and oxygen atoms in total. The van der Waals surface area contributed by atoms with Crippen LogP contribution in [0.1, 0.15) is 94.2 Å². The molecule has 0 bridgehead atoms. The Morgan fingerprint density at radius 2 is 1.85 bits per heavy atom. The number of halogens is 1. The summed E-state index contributed by atoms with van der Waals surface area (Å²) < 4.78 is 31.2. The van der Waals surface area contributed by atoms with Gasteiger partial charge in [0.05, 0.1) is 17.8 Å². The number of hydrogen-bond donors (Lipinski definition) is 3. The van der Waals surface area contributed by atoms with E-state index in [2.05, 4.69) is 15.4 Å². The molecule has 3 heterocycles. The molecule has 244 valence electrons. The van der Waals surface area contributed by atoms with Crippen molar-refractivity contribution in [1.29, 1.82) is 0 Å². The molecular formula is C33H38FN5O7. The second-order valence-corrected chi connectivity index (χ2v) is 11.6. The van der Waals surface area contributed by atoms with Crippen LogP contribution in [0.2, 0.25) is 0 Å². The molecule has 0 spiro atoms. The molecule has 0 saturated carbocycles. The standard InChI is InChI=1S/C23H23FN4O5.C9H11NO2.CH4/c1-11-12-7-8-16(14(12)6-5-13(11)22(32)33-23(2,3)4)27-20(29)18-9-17(21(30)31)26-19-15(24)10-25-28(18)19;10-6-7-1-2-8-9(5-7)12-4-3-11-8;/h5-6,9-10,16H,7-8H2,1-4H3,(H,27,29)(H,30,31);1-2,5H,3-4,6,10H2;1H4/t16-;;/m0../s1. The Balaban J connectivity index is 0.000000309. The highest BCUT2D eigenvalue weighted by Crippen LogP contribution is 2.35. The van der Waals surface area contributed by atoms with Crippen molar-refractivity contribution in [2.75, 3.05) is 13.2 Å². The third-order valence-electron chi connectivity index (χ3n) is 7.34. The van der Waals surface area contributed by atoms with Crippen molar-refractivity contribution in [1.82, 2.24) is 19.9 Å². The Morgan fingerprint density at radius 1 is 1.13 bits per heavy atom. The average Bonchev–Trinajstić information content (AvgIpc) is 3.59. The predicted octanol–water partition coefficient (Wildman–Crippen LogP) is 4.80. The number of carbonyl (C=O) groups is 3. The van der Waals surface area contributed by atoms with Crippen LogP contribution in [-0.4, -0.2) is 56.4 Å². The van der Waals surface area contributed by atoms with Crippen LogP contribution in [0.15, 0.2) is 42.6 Å². The number of nitrogens with two attached hydrogens (primary N) is 1. The predicted molar refractivity (Wildman–Crippen MR) is 167 cm³/mol. The Labute approximate surface area is 265 Å². The molecule has 4 N–H and O–H groups in total. The van der Waals surface area contributed by atoms with Gasteiger partial charge >= 0.3 is 11.9 Å². The monoisotopic (exact) mass is 635 g/mol. The lowest BCUT2D eigenvalue weighted by atomic mass is 9.97. The van der Waals surface area contributed by atoms with Crippen molar-refractivity contribution < 1.29 is 38.1 Å². The molecule has 4 aromatic rings. The maximum absolute atomic E-state index is 14.0. The largest absolute Gasteiger partial charge is 0.486 e. The number of carboxylic acid groups (broad SMARTS) is 1. The van der Waals surface area contributed by atoms with Crippen LogP contribution in [0.3, 0.4) is 0 Å². The van der Waals surface area contributed by atoms with Crippen molar-refractivity contribution in [2.45, 2.75) is 66.2 Å². The van der Waals surface area contributed by atoms with Gasteiger partial charge in [0.25, 0.3) is 5.91 Å². The van der Waals surface area contributed by atoms with Gasteiger partial charge in [0.15, 0.2) is 28.7 Å². The first-order chi connectivity index (χ1) is 21.4. The van der Waals surface area contributed by atoms with Gasteiger partial charge in [-0.3, -0.25) is 4.79 Å². The van der Waals surface area contributed by atoms with E-state index in [-0.39, 0.29) is 24.8 Å². The van der Waals surface area contributed by atoms with Gasteiger partial charge < -0.3 is 30.4 Å². The van der Waals surface area contributed by atoms with Crippen LogP contribution in [0.5, 0.6) is 11.5 Å².